The Morgan fingerprint density at radius 2 is 1.69 bits per heavy atom. The Balaban J connectivity index is 1.17. The number of likely N-dealkylation sites (tertiary alicyclic amines) is 1. The Kier molecular flexibility index (Phi) is 12.8. The second-order valence-electron chi connectivity index (χ2n) is 16.1. The van der Waals surface area contributed by atoms with E-state index in [4.69, 9.17) is 14.5 Å². The number of aliphatic hydroxyl groups is 1. The number of rotatable bonds is 14. The number of carbonyl (C=O) groups excluding carboxylic acids is 2. The summed E-state index contributed by atoms with van der Waals surface area (Å²) in [5.41, 5.74) is 6.44. The predicted octanol–water partition coefficient (Wildman–Crippen LogP) is 7.55. The van der Waals surface area contributed by atoms with E-state index in [1.807, 2.05) is 76.2 Å². The number of ether oxygens (including phenoxy) is 2. The summed E-state index contributed by atoms with van der Waals surface area (Å²) in [5.74, 6) is 1.03. The fourth-order valence-electron chi connectivity index (χ4n) is 7.24. The molecule has 6 rings (SSSR count). The van der Waals surface area contributed by atoms with Gasteiger partial charge >= 0.3 is 0 Å². The van der Waals surface area contributed by atoms with Gasteiger partial charge in [0.25, 0.3) is 5.91 Å². The van der Waals surface area contributed by atoms with Crippen LogP contribution in [-0.2, 0) is 21.9 Å². The molecule has 12 nitrogen and oxygen atoms in total. The van der Waals surface area contributed by atoms with E-state index in [0.717, 1.165) is 83.9 Å². The number of amides is 1. The van der Waals surface area contributed by atoms with E-state index in [1.165, 1.54) is 7.11 Å². The molecule has 0 atom stereocenters. The number of nitrogens with zero attached hydrogens (tertiary/aromatic N) is 3. The zero-order valence-electron chi connectivity index (χ0n) is 34.3. The normalized spacial score (nSPS) is 14.0. The van der Waals surface area contributed by atoms with Crippen LogP contribution in [0.4, 0.5) is 11.4 Å². The lowest BCUT2D eigenvalue weighted by Crippen LogP contribution is -2.36. The monoisotopic (exact) mass is 807 g/mol. The van der Waals surface area contributed by atoms with Crippen LogP contribution in [0.1, 0.15) is 89.7 Å². The smallest absolute Gasteiger partial charge is 0.255 e. The van der Waals surface area contributed by atoms with E-state index in [0.29, 0.717) is 41.2 Å². The van der Waals surface area contributed by atoms with Crippen molar-refractivity contribution in [1.29, 1.82) is 0 Å². The second-order valence-corrected chi connectivity index (χ2v) is 17.8. The summed E-state index contributed by atoms with van der Waals surface area (Å²) < 4.78 is 38.1. The van der Waals surface area contributed by atoms with Crippen molar-refractivity contribution in [2.75, 3.05) is 50.1 Å². The minimum atomic E-state index is -3.63. The van der Waals surface area contributed by atoms with Crippen molar-refractivity contribution in [3.63, 3.8) is 0 Å². The molecular formula is C45H53N5O7S. The van der Waals surface area contributed by atoms with Crippen LogP contribution in [0.3, 0.4) is 0 Å². The van der Waals surface area contributed by atoms with Crippen LogP contribution in [0, 0.1) is 6.92 Å². The van der Waals surface area contributed by atoms with Gasteiger partial charge in [-0.05, 0) is 114 Å². The van der Waals surface area contributed by atoms with Gasteiger partial charge in [-0.3, -0.25) is 14.3 Å². The van der Waals surface area contributed by atoms with Crippen molar-refractivity contribution < 1.29 is 32.6 Å². The number of aryl methyl sites for hydroxylation is 1. The third kappa shape index (κ3) is 10.4. The maximum absolute atomic E-state index is 13.8. The number of methoxy groups -OCH3 is 2. The number of ketones is 1. The lowest BCUT2D eigenvalue weighted by atomic mass is 9.86. The fourth-order valence-corrected chi connectivity index (χ4v) is 7.79. The molecular weight excluding hydrogens is 755 g/mol. The molecule has 58 heavy (non-hydrogen) atoms. The molecule has 1 saturated heterocycles. The molecule has 0 unspecified atom stereocenters. The number of sulfonamides is 1. The Morgan fingerprint density at radius 3 is 2.38 bits per heavy atom. The van der Waals surface area contributed by atoms with E-state index in [-0.39, 0.29) is 34.6 Å². The molecule has 1 aliphatic rings. The first-order valence-electron chi connectivity index (χ1n) is 19.5. The van der Waals surface area contributed by atoms with Crippen molar-refractivity contribution in [2.45, 2.75) is 71.3 Å². The topological polar surface area (TPSA) is 160 Å². The first kappa shape index (κ1) is 42.2. The molecule has 4 aromatic carbocycles. The van der Waals surface area contributed by atoms with Gasteiger partial charge in [-0.25, -0.2) is 18.4 Å². The first-order valence-corrected chi connectivity index (χ1v) is 21.4. The van der Waals surface area contributed by atoms with Gasteiger partial charge in [0.1, 0.15) is 11.6 Å². The van der Waals surface area contributed by atoms with Gasteiger partial charge < -0.3 is 24.8 Å². The molecule has 2 heterocycles. The highest BCUT2D eigenvalue weighted by Gasteiger charge is 2.23. The summed E-state index contributed by atoms with van der Waals surface area (Å²) in [6, 6.07) is 20.5. The number of piperidine rings is 1. The molecule has 0 saturated carbocycles. The number of benzene rings is 4. The fraction of sp³-hybridized carbons (Fsp3) is 0.378. The van der Waals surface area contributed by atoms with Crippen LogP contribution in [0.15, 0.2) is 72.9 Å². The van der Waals surface area contributed by atoms with E-state index in [9.17, 15) is 23.1 Å². The first-order chi connectivity index (χ1) is 27.5. The van der Waals surface area contributed by atoms with Crippen molar-refractivity contribution in [3.05, 3.63) is 107 Å². The van der Waals surface area contributed by atoms with Crippen LogP contribution in [0.5, 0.6) is 11.5 Å². The largest absolute Gasteiger partial charge is 0.496 e. The van der Waals surface area contributed by atoms with Crippen molar-refractivity contribution in [3.8, 4) is 22.6 Å². The lowest BCUT2D eigenvalue weighted by molar-refractivity contribution is 0.0799. The van der Waals surface area contributed by atoms with Crippen LogP contribution in [0.25, 0.3) is 22.0 Å². The average molecular weight is 808 g/mol. The molecule has 3 N–H and O–H groups in total. The van der Waals surface area contributed by atoms with Gasteiger partial charge in [-0.15, -0.1) is 0 Å². The highest BCUT2D eigenvalue weighted by atomic mass is 32.2. The summed E-state index contributed by atoms with van der Waals surface area (Å²) in [4.78, 5) is 38.7. The molecule has 0 radical (unpaired) electrons. The Labute approximate surface area is 341 Å². The van der Waals surface area contributed by atoms with Crippen molar-refractivity contribution in [1.82, 2.24) is 14.9 Å². The summed E-state index contributed by atoms with van der Waals surface area (Å²) in [5, 5.41) is 13.5. The van der Waals surface area contributed by atoms with Gasteiger partial charge in [0.05, 0.1) is 49.0 Å². The number of carbonyl (C=O) groups is 2. The third-order valence-electron chi connectivity index (χ3n) is 10.5. The van der Waals surface area contributed by atoms with Gasteiger partial charge in [0, 0.05) is 43.1 Å². The van der Waals surface area contributed by atoms with Crippen LogP contribution >= 0.6 is 0 Å². The second kappa shape index (κ2) is 17.6. The van der Waals surface area contributed by atoms with Gasteiger partial charge in [-0.2, -0.15) is 0 Å². The minimum absolute atomic E-state index is 0.0452. The van der Waals surface area contributed by atoms with Crippen LogP contribution < -0.4 is 19.5 Å². The van der Waals surface area contributed by atoms with E-state index >= 15 is 0 Å². The maximum atomic E-state index is 13.8. The molecule has 0 spiro atoms. The quantitative estimate of drug-likeness (QED) is 0.0957. The molecule has 1 aliphatic heterocycles. The Bertz CT molecular complexity index is 2440. The standard InChI is InChI=1S/C45H53N5O7S/c1-28-10-12-31(44(53)48-38-25-33(45(2,3)4)26-39(43(38)57-6)49-58(7,54)55)24-36(28)30-13-15-37-32(23-30)27-46-42(47-37)22-29-11-14-35(41(21-29)56-5)40(52)9-8-18-50-19-16-34(51)17-20-50/h10-15,21,23-27,34,49,51H,8-9,16-20,22H2,1-7H3,(H,48,53). The predicted molar refractivity (Wildman–Crippen MR) is 229 cm³/mol. The number of fused-ring (bicyclic) bond motifs is 1. The number of nitrogens with one attached hydrogen (secondary N) is 2. The number of aromatic nitrogens is 2. The van der Waals surface area contributed by atoms with Crippen LogP contribution in [-0.4, -0.2) is 86.3 Å². The number of hydrogen-bond acceptors (Lipinski definition) is 10. The molecule has 1 amide bonds. The highest BCUT2D eigenvalue weighted by Crippen LogP contribution is 2.39. The van der Waals surface area contributed by atoms with Crippen LogP contribution in [0.2, 0.25) is 0 Å². The third-order valence-corrected chi connectivity index (χ3v) is 11.1. The number of anilines is 2. The minimum Gasteiger partial charge on any atom is -0.496 e. The summed E-state index contributed by atoms with van der Waals surface area (Å²) in [6.07, 6.45) is 5.85. The number of hydrogen-bond donors (Lipinski definition) is 3. The SMILES string of the molecule is COc1cc(Cc2ncc3cc(-c4cc(C(=O)Nc5cc(C(C)(C)C)cc(NS(C)(=O)=O)c5OC)ccc4C)ccc3n2)ccc1C(=O)CCCN1CCC(O)CC1. The summed E-state index contributed by atoms with van der Waals surface area (Å²) in [7, 11) is -0.628. The average Bonchev–Trinajstić information content (AvgIpc) is 3.17. The molecule has 0 aliphatic carbocycles. The molecule has 13 heteroatoms. The van der Waals surface area contributed by atoms with E-state index < -0.39 is 10.0 Å². The zero-order chi connectivity index (χ0) is 41.8. The Morgan fingerprint density at radius 1 is 0.948 bits per heavy atom. The molecule has 1 fully saturated rings. The molecule has 1 aromatic heterocycles. The number of Topliss-reactive ketones (excluding diaryl/α,β-unsaturated/α-hetero) is 1. The summed E-state index contributed by atoms with van der Waals surface area (Å²) >= 11 is 0. The number of aliphatic hydroxyl groups excluding tert-OH is 1. The summed E-state index contributed by atoms with van der Waals surface area (Å²) in [6.45, 7) is 10.5. The van der Waals surface area contributed by atoms with Crippen molar-refractivity contribution in [2.24, 2.45) is 0 Å². The van der Waals surface area contributed by atoms with Gasteiger partial charge in [-0.1, -0.05) is 39.0 Å². The van der Waals surface area contributed by atoms with E-state index in [1.54, 1.807) is 31.5 Å². The highest BCUT2D eigenvalue weighted by molar-refractivity contribution is 7.92. The van der Waals surface area contributed by atoms with E-state index in [2.05, 4.69) is 19.9 Å². The van der Waals surface area contributed by atoms with Gasteiger partial charge in [0.2, 0.25) is 10.0 Å². The Hall–Kier alpha value is -5.37. The molecule has 306 valence electrons. The van der Waals surface area contributed by atoms with Gasteiger partial charge in [0.15, 0.2) is 11.5 Å². The molecule has 5 aromatic rings. The zero-order valence-corrected chi connectivity index (χ0v) is 35.1. The lowest BCUT2D eigenvalue weighted by Gasteiger charge is -2.29. The molecule has 0 bridgehead atoms. The van der Waals surface area contributed by atoms with Crippen molar-refractivity contribution >= 4 is 44.0 Å². The maximum Gasteiger partial charge on any atom is 0.255 e.